The molecule has 1 aromatic rings. The third-order valence-corrected chi connectivity index (χ3v) is 3.33. The minimum Gasteiger partial charge on any atom is -0.480 e. The smallest absolute Gasteiger partial charge is 0.317 e. The Kier molecular flexibility index (Phi) is 5.74. The van der Waals surface area contributed by atoms with Gasteiger partial charge in [0, 0.05) is 26.2 Å². The summed E-state index contributed by atoms with van der Waals surface area (Å²) in [6.45, 7) is 5.88. The van der Waals surface area contributed by atoms with Gasteiger partial charge in [0.2, 0.25) is 5.88 Å². The molecule has 0 saturated carbocycles. The van der Waals surface area contributed by atoms with Crippen molar-refractivity contribution in [2.24, 2.45) is 0 Å². The number of aromatic nitrogens is 2. The van der Waals surface area contributed by atoms with Crippen molar-refractivity contribution in [2.45, 2.75) is 19.8 Å². The van der Waals surface area contributed by atoms with Crippen molar-refractivity contribution in [1.29, 1.82) is 0 Å². The molecule has 2 rings (SSSR count). The first-order chi connectivity index (χ1) is 10.2. The SMILES string of the molecule is CCCOc1cncc(N2CCCN(CC(=O)O)CC2)n1. The quantitative estimate of drug-likeness (QED) is 0.833. The highest BCUT2D eigenvalue weighted by Gasteiger charge is 2.18. The van der Waals surface area contributed by atoms with Gasteiger partial charge >= 0.3 is 5.97 Å². The zero-order valence-corrected chi connectivity index (χ0v) is 12.4. The minimum atomic E-state index is -0.779. The number of aliphatic carboxylic acids is 1. The summed E-state index contributed by atoms with van der Waals surface area (Å²) in [5, 5.41) is 8.87. The van der Waals surface area contributed by atoms with Crippen LogP contribution in [0, 0.1) is 0 Å². The Morgan fingerprint density at radius 3 is 2.95 bits per heavy atom. The lowest BCUT2D eigenvalue weighted by Crippen LogP contribution is -2.34. The number of ether oxygens (including phenoxy) is 1. The lowest BCUT2D eigenvalue weighted by atomic mass is 10.4. The van der Waals surface area contributed by atoms with Crippen LogP contribution in [0.1, 0.15) is 19.8 Å². The largest absolute Gasteiger partial charge is 0.480 e. The maximum atomic E-state index is 10.8. The van der Waals surface area contributed by atoms with E-state index in [2.05, 4.69) is 14.9 Å². The molecule has 0 aliphatic carbocycles. The molecule has 1 aromatic heterocycles. The molecule has 0 bridgehead atoms. The number of hydrogen-bond donors (Lipinski definition) is 1. The molecule has 7 heteroatoms. The number of hydrogen-bond acceptors (Lipinski definition) is 6. The van der Waals surface area contributed by atoms with Crippen LogP contribution in [0.4, 0.5) is 5.82 Å². The van der Waals surface area contributed by atoms with Crippen LogP contribution in [0.5, 0.6) is 5.88 Å². The van der Waals surface area contributed by atoms with Gasteiger partial charge in [-0.25, -0.2) is 0 Å². The van der Waals surface area contributed by atoms with Crippen molar-refractivity contribution in [3.05, 3.63) is 12.4 Å². The third-order valence-electron chi connectivity index (χ3n) is 3.33. The lowest BCUT2D eigenvalue weighted by molar-refractivity contribution is -0.138. The molecule has 1 saturated heterocycles. The molecule has 0 aromatic carbocycles. The van der Waals surface area contributed by atoms with E-state index in [1.165, 1.54) is 0 Å². The summed E-state index contributed by atoms with van der Waals surface area (Å²) < 4.78 is 5.50. The normalized spacial score (nSPS) is 16.5. The predicted molar refractivity (Wildman–Crippen MR) is 78.7 cm³/mol. The van der Waals surface area contributed by atoms with Crippen LogP contribution < -0.4 is 9.64 Å². The zero-order valence-electron chi connectivity index (χ0n) is 12.4. The topological polar surface area (TPSA) is 78.8 Å². The highest BCUT2D eigenvalue weighted by Crippen LogP contribution is 2.16. The Balaban J connectivity index is 1.96. The molecule has 1 N–H and O–H groups in total. The Labute approximate surface area is 124 Å². The maximum absolute atomic E-state index is 10.8. The van der Waals surface area contributed by atoms with Crippen molar-refractivity contribution in [3.8, 4) is 5.88 Å². The Morgan fingerprint density at radius 1 is 1.33 bits per heavy atom. The number of carbonyl (C=O) groups is 1. The van der Waals surface area contributed by atoms with Crippen LogP contribution in [-0.4, -0.2) is 65.3 Å². The summed E-state index contributed by atoms with van der Waals surface area (Å²) in [5.74, 6) is 0.556. The highest BCUT2D eigenvalue weighted by molar-refractivity contribution is 5.69. The van der Waals surface area contributed by atoms with E-state index in [0.29, 0.717) is 19.0 Å². The number of nitrogens with zero attached hydrogens (tertiary/aromatic N) is 4. The fraction of sp³-hybridized carbons (Fsp3) is 0.643. The van der Waals surface area contributed by atoms with Gasteiger partial charge in [-0.15, -0.1) is 0 Å². The Bertz CT molecular complexity index is 469. The van der Waals surface area contributed by atoms with Gasteiger partial charge in [0.25, 0.3) is 0 Å². The summed E-state index contributed by atoms with van der Waals surface area (Å²) in [6, 6.07) is 0. The average Bonchev–Trinajstić information content (AvgIpc) is 2.70. The predicted octanol–water partition coefficient (Wildman–Crippen LogP) is 0.862. The van der Waals surface area contributed by atoms with E-state index in [1.54, 1.807) is 12.4 Å². The maximum Gasteiger partial charge on any atom is 0.317 e. The van der Waals surface area contributed by atoms with Crippen LogP contribution in [-0.2, 0) is 4.79 Å². The summed E-state index contributed by atoms with van der Waals surface area (Å²) in [7, 11) is 0. The molecule has 1 aliphatic rings. The molecule has 2 heterocycles. The molecule has 0 amide bonds. The fourth-order valence-corrected chi connectivity index (χ4v) is 2.32. The second kappa shape index (κ2) is 7.78. The summed E-state index contributed by atoms with van der Waals surface area (Å²) in [5.41, 5.74) is 0. The first-order valence-electron chi connectivity index (χ1n) is 7.33. The summed E-state index contributed by atoms with van der Waals surface area (Å²) in [4.78, 5) is 23.5. The fourth-order valence-electron chi connectivity index (χ4n) is 2.32. The van der Waals surface area contributed by atoms with Gasteiger partial charge in [0.05, 0.1) is 25.5 Å². The van der Waals surface area contributed by atoms with Crippen molar-refractivity contribution in [2.75, 3.05) is 44.2 Å². The van der Waals surface area contributed by atoms with Crippen LogP contribution in [0.3, 0.4) is 0 Å². The number of carboxylic acids is 1. The highest BCUT2D eigenvalue weighted by atomic mass is 16.5. The Hall–Kier alpha value is -1.89. The summed E-state index contributed by atoms with van der Waals surface area (Å²) in [6.07, 6.45) is 5.19. The molecule has 116 valence electrons. The van der Waals surface area contributed by atoms with E-state index in [0.717, 1.165) is 38.3 Å². The van der Waals surface area contributed by atoms with Gasteiger partial charge in [-0.2, -0.15) is 4.98 Å². The Morgan fingerprint density at radius 2 is 2.19 bits per heavy atom. The summed E-state index contributed by atoms with van der Waals surface area (Å²) >= 11 is 0. The molecule has 1 fully saturated rings. The molecule has 7 nitrogen and oxygen atoms in total. The van der Waals surface area contributed by atoms with Crippen LogP contribution >= 0.6 is 0 Å². The minimum absolute atomic E-state index is 0.0964. The van der Waals surface area contributed by atoms with Crippen LogP contribution in [0.2, 0.25) is 0 Å². The number of rotatable bonds is 6. The first kappa shape index (κ1) is 15.5. The second-order valence-corrected chi connectivity index (χ2v) is 5.07. The number of carboxylic acid groups (broad SMARTS) is 1. The molecule has 0 radical (unpaired) electrons. The van der Waals surface area contributed by atoms with E-state index in [4.69, 9.17) is 9.84 Å². The van der Waals surface area contributed by atoms with Gasteiger partial charge in [-0.05, 0) is 12.8 Å². The van der Waals surface area contributed by atoms with Crippen LogP contribution in [0.15, 0.2) is 12.4 Å². The third kappa shape index (κ3) is 4.86. The van der Waals surface area contributed by atoms with Gasteiger partial charge in [0.1, 0.15) is 0 Å². The average molecular weight is 294 g/mol. The van der Waals surface area contributed by atoms with Crippen molar-refractivity contribution < 1.29 is 14.6 Å². The van der Waals surface area contributed by atoms with Crippen molar-refractivity contribution in [3.63, 3.8) is 0 Å². The van der Waals surface area contributed by atoms with Gasteiger partial charge in [0.15, 0.2) is 5.82 Å². The van der Waals surface area contributed by atoms with E-state index in [9.17, 15) is 4.79 Å². The van der Waals surface area contributed by atoms with Gasteiger partial charge in [-0.1, -0.05) is 6.92 Å². The van der Waals surface area contributed by atoms with E-state index < -0.39 is 5.97 Å². The molecule has 1 aliphatic heterocycles. The molecule has 0 unspecified atom stereocenters. The second-order valence-electron chi connectivity index (χ2n) is 5.07. The van der Waals surface area contributed by atoms with Crippen LogP contribution in [0.25, 0.3) is 0 Å². The molecular formula is C14H22N4O3. The molecule has 21 heavy (non-hydrogen) atoms. The van der Waals surface area contributed by atoms with Crippen molar-refractivity contribution in [1.82, 2.24) is 14.9 Å². The van der Waals surface area contributed by atoms with E-state index in [1.807, 2.05) is 11.8 Å². The van der Waals surface area contributed by atoms with E-state index in [-0.39, 0.29) is 6.54 Å². The zero-order chi connectivity index (χ0) is 15.1. The monoisotopic (exact) mass is 294 g/mol. The van der Waals surface area contributed by atoms with Gasteiger partial charge in [-0.3, -0.25) is 14.7 Å². The molecular weight excluding hydrogens is 272 g/mol. The molecule has 0 atom stereocenters. The number of anilines is 1. The molecule has 0 spiro atoms. The van der Waals surface area contributed by atoms with Crippen molar-refractivity contribution >= 4 is 11.8 Å². The van der Waals surface area contributed by atoms with E-state index >= 15 is 0 Å². The lowest BCUT2D eigenvalue weighted by Gasteiger charge is -2.22. The first-order valence-corrected chi connectivity index (χ1v) is 7.33. The van der Waals surface area contributed by atoms with Gasteiger partial charge < -0.3 is 14.7 Å². The standard InChI is InChI=1S/C14H22N4O3/c1-2-8-21-13-10-15-9-12(16-13)18-5-3-4-17(6-7-18)11-14(19)20/h9-10H,2-8,11H2,1H3,(H,19,20).